The normalized spacial score (nSPS) is 13.6. The molecule has 9 heteroatoms. The van der Waals surface area contributed by atoms with Crippen LogP contribution in [-0.2, 0) is 18.3 Å². The molecule has 0 saturated heterocycles. The average molecular weight is 441 g/mol. The van der Waals surface area contributed by atoms with Crippen molar-refractivity contribution in [1.82, 2.24) is 20.0 Å². The molecular weight excluding hydrogens is 418 g/mol. The van der Waals surface area contributed by atoms with Crippen LogP contribution in [0.25, 0.3) is 22.3 Å². The van der Waals surface area contributed by atoms with Crippen molar-refractivity contribution in [1.29, 1.82) is 0 Å². The monoisotopic (exact) mass is 441 g/mol. The Morgan fingerprint density at radius 1 is 1.24 bits per heavy atom. The van der Waals surface area contributed by atoms with E-state index < -0.39 is 6.04 Å². The lowest BCUT2D eigenvalue weighted by Gasteiger charge is -2.13. The van der Waals surface area contributed by atoms with Gasteiger partial charge in [-0.2, -0.15) is 5.10 Å². The van der Waals surface area contributed by atoms with Crippen LogP contribution in [0.1, 0.15) is 27.9 Å². The van der Waals surface area contributed by atoms with Crippen LogP contribution in [0, 0.1) is 0 Å². The second-order valence-corrected chi connectivity index (χ2v) is 8.10. The van der Waals surface area contributed by atoms with Crippen molar-refractivity contribution in [3.05, 3.63) is 71.7 Å². The number of amides is 2. The fourth-order valence-electron chi connectivity index (χ4n) is 4.03. The van der Waals surface area contributed by atoms with E-state index in [1.54, 1.807) is 24.7 Å². The molecule has 3 heterocycles. The molecule has 33 heavy (non-hydrogen) atoms. The molecular formula is C24H23N7O2. The van der Waals surface area contributed by atoms with Gasteiger partial charge in [0.1, 0.15) is 5.69 Å². The molecule has 5 rings (SSSR count). The highest BCUT2D eigenvalue weighted by Gasteiger charge is 2.24. The topological polar surface area (TPSA) is 130 Å². The molecule has 5 N–H and O–H groups in total. The summed E-state index contributed by atoms with van der Waals surface area (Å²) in [6.45, 7) is 0. The van der Waals surface area contributed by atoms with E-state index >= 15 is 0 Å². The van der Waals surface area contributed by atoms with E-state index in [0.717, 1.165) is 27.9 Å². The van der Waals surface area contributed by atoms with Crippen LogP contribution in [-0.4, -0.2) is 38.6 Å². The van der Waals surface area contributed by atoms with E-state index in [1.165, 1.54) is 0 Å². The van der Waals surface area contributed by atoms with Gasteiger partial charge in [0.15, 0.2) is 0 Å². The summed E-state index contributed by atoms with van der Waals surface area (Å²) in [6.07, 6.45) is 6.40. The van der Waals surface area contributed by atoms with Gasteiger partial charge in [-0.1, -0.05) is 30.3 Å². The Hall–Kier alpha value is -4.24. The molecule has 0 saturated carbocycles. The lowest BCUT2D eigenvalue weighted by atomic mass is 10.0. The molecule has 0 bridgehead atoms. The molecule has 2 aromatic carbocycles. The fourth-order valence-corrected chi connectivity index (χ4v) is 4.03. The van der Waals surface area contributed by atoms with Crippen LogP contribution >= 0.6 is 0 Å². The Kier molecular flexibility index (Phi) is 5.23. The quantitative estimate of drug-likeness (QED) is 0.366. The summed E-state index contributed by atoms with van der Waals surface area (Å²) in [5, 5.41) is 7.62. The van der Waals surface area contributed by atoms with Crippen LogP contribution in [0.5, 0.6) is 0 Å². The highest BCUT2D eigenvalue weighted by molar-refractivity contribution is 6.18. The number of rotatable bonds is 6. The van der Waals surface area contributed by atoms with Gasteiger partial charge in [0.05, 0.1) is 29.8 Å². The minimum atomic E-state index is -0.680. The highest BCUT2D eigenvalue weighted by atomic mass is 16.2. The number of hydrazone groups is 1. The van der Waals surface area contributed by atoms with Crippen molar-refractivity contribution in [2.75, 3.05) is 5.32 Å². The van der Waals surface area contributed by atoms with Crippen molar-refractivity contribution in [3.63, 3.8) is 0 Å². The third-order valence-electron chi connectivity index (χ3n) is 5.69. The van der Waals surface area contributed by atoms with Crippen molar-refractivity contribution in [3.8, 4) is 11.4 Å². The maximum Gasteiger partial charge on any atom is 0.272 e. The Labute approximate surface area is 189 Å². The van der Waals surface area contributed by atoms with Crippen LogP contribution < -0.4 is 16.5 Å². The maximum atomic E-state index is 12.7. The number of aromatic nitrogens is 3. The third kappa shape index (κ3) is 4.01. The van der Waals surface area contributed by atoms with Crippen LogP contribution in [0.15, 0.2) is 60.1 Å². The number of hydrogen-bond donors (Lipinski definition) is 4. The van der Waals surface area contributed by atoms with E-state index in [1.807, 2.05) is 48.1 Å². The molecule has 2 aromatic heterocycles. The Balaban J connectivity index is 1.44. The number of imidazole rings is 1. The number of carbonyl (C=O) groups excluding carboxylic acids is 2. The number of nitrogens with one attached hydrogen (secondary N) is 3. The molecule has 0 spiro atoms. The smallest absolute Gasteiger partial charge is 0.272 e. The van der Waals surface area contributed by atoms with Gasteiger partial charge in [-0.05, 0) is 30.5 Å². The predicted molar refractivity (Wildman–Crippen MR) is 127 cm³/mol. The molecule has 166 valence electrons. The first-order chi connectivity index (χ1) is 16.0. The summed E-state index contributed by atoms with van der Waals surface area (Å²) < 4.78 is 1.84. The first-order valence-corrected chi connectivity index (χ1v) is 10.6. The van der Waals surface area contributed by atoms with Crippen molar-refractivity contribution in [2.45, 2.75) is 18.9 Å². The largest absolute Gasteiger partial charge is 0.353 e. The molecule has 9 nitrogen and oxygen atoms in total. The maximum absolute atomic E-state index is 12.7. The van der Waals surface area contributed by atoms with Crippen LogP contribution in [0.3, 0.4) is 0 Å². The summed E-state index contributed by atoms with van der Waals surface area (Å²) in [5.74, 6) is -0.662. The van der Waals surface area contributed by atoms with Gasteiger partial charge in [-0.25, -0.2) is 10.4 Å². The van der Waals surface area contributed by atoms with Gasteiger partial charge in [0.25, 0.3) is 5.91 Å². The molecule has 0 aliphatic carbocycles. The number of aryl methyl sites for hydroxylation is 2. The SMILES string of the molecule is Cn1cnc(-c2[nH]c3cc(NC(=O)[C@H](N)CCc4ccccc4)cc4c3c2C=NNC4=O)c1. The Bertz CT molecular complexity index is 1380. The summed E-state index contributed by atoms with van der Waals surface area (Å²) in [7, 11) is 1.89. The average Bonchev–Trinajstić information content (AvgIpc) is 3.36. The summed E-state index contributed by atoms with van der Waals surface area (Å²) in [6, 6.07) is 12.7. The Morgan fingerprint density at radius 2 is 2.06 bits per heavy atom. The molecule has 0 unspecified atom stereocenters. The zero-order valence-electron chi connectivity index (χ0n) is 18.0. The van der Waals surface area contributed by atoms with Gasteiger partial charge < -0.3 is 20.6 Å². The first kappa shape index (κ1) is 20.7. The number of benzene rings is 2. The summed E-state index contributed by atoms with van der Waals surface area (Å²) in [5.41, 5.74) is 13.6. The second kappa shape index (κ2) is 8.36. The zero-order valence-corrected chi connectivity index (χ0v) is 18.0. The fraction of sp³-hybridized carbons (Fsp3) is 0.167. The van der Waals surface area contributed by atoms with Crippen LogP contribution in [0.2, 0.25) is 0 Å². The lowest BCUT2D eigenvalue weighted by molar-refractivity contribution is -0.117. The molecule has 1 atom stereocenters. The summed E-state index contributed by atoms with van der Waals surface area (Å²) >= 11 is 0. The standard InChI is InChI=1S/C24H23N7O2/c1-31-12-20(26-13-31)22-17-11-27-30-23(32)16-9-15(10-19(29-22)21(16)17)28-24(33)18(25)8-7-14-5-3-2-4-6-14/h2-6,9-13,18,29H,7-8,25H2,1H3,(H,28,33)(H,30,32)/t18-/m1/s1. The predicted octanol–water partition coefficient (Wildman–Crippen LogP) is 2.54. The minimum absolute atomic E-state index is 0.306. The summed E-state index contributed by atoms with van der Waals surface area (Å²) in [4.78, 5) is 33.2. The van der Waals surface area contributed by atoms with Gasteiger partial charge in [-0.3, -0.25) is 9.59 Å². The molecule has 4 aromatic rings. The third-order valence-corrected chi connectivity index (χ3v) is 5.69. The molecule has 0 fully saturated rings. The van der Waals surface area contributed by atoms with Gasteiger partial charge >= 0.3 is 0 Å². The zero-order chi connectivity index (χ0) is 22.9. The first-order valence-electron chi connectivity index (χ1n) is 10.6. The molecule has 1 aliphatic rings. The number of anilines is 1. The molecule has 2 amide bonds. The Morgan fingerprint density at radius 3 is 2.82 bits per heavy atom. The van der Waals surface area contributed by atoms with E-state index in [-0.39, 0.29) is 11.8 Å². The number of aromatic amines is 1. The number of carbonyl (C=O) groups is 2. The van der Waals surface area contributed by atoms with E-state index in [0.29, 0.717) is 29.6 Å². The van der Waals surface area contributed by atoms with E-state index in [9.17, 15) is 9.59 Å². The molecule has 1 aliphatic heterocycles. The number of nitrogens with two attached hydrogens (primary N) is 1. The molecule has 0 radical (unpaired) electrons. The van der Waals surface area contributed by atoms with Crippen LogP contribution in [0.4, 0.5) is 5.69 Å². The van der Waals surface area contributed by atoms with Crippen molar-refractivity contribution >= 4 is 34.6 Å². The van der Waals surface area contributed by atoms with Gasteiger partial charge in [-0.15, -0.1) is 0 Å². The van der Waals surface area contributed by atoms with Gasteiger partial charge in [0.2, 0.25) is 5.91 Å². The number of H-pyrrole nitrogens is 1. The van der Waals surface area contributed by atoms with Gasteiger partial charge in [0, 0.05) is 35.4 Å². The van der Waals surface area contributed by atoms with E-state index in [4.69, 9.17) is 5.73 Å². The lowest BCUT2D eigenvalue weighted by Crippen LogP contribution is -2.36. The minimum Gasteiger partial charge on any atom is -0.353 e. The highest BCUT2D eigenvalue weighted by Crippen LogP contribution is 2.34. The number of nitrogens with zero attached hydrogens (tertiary/aromatic N) is 3. The number of hydrogen-bond acceptors (Lipinski definition) is 5. The van der Waals surface area contributed by atoms with Crippen molar-refractivity contribution < 1.29 is 9.59 Å². The van der Waals surface area contributed by atoms with Crippen molar-refractivity contribution in [2.24, 2.45) is 17.9 Å². The second-order valence-electron chi connectivity index (χ2n) is 8.10. The van der Waals surface area contributed by atoms with E-state index in [2.05, 4.69) is 25.8 Å².